The van der Waals surface area contributed by atoms with Crippen molar-refractivity contribution in [2.45, 2.75) is 45.9 Å². The monoisotopic (exact) mass is 284 g/mol. The molecule has 0 bridgehead atoms. The van der Waals surface area contributed by atoms with E-state index in [1.807, 2.05) is 32.0 Å². The number of benzene rings is 1. The van der Waals surface area contributed by atoms with Crippen LogP contribution in [0.2, 0.25) is 0 Å². The fourth-order valence-corrected chi connectivity index (χ4v) is 2.36. The van der Waals surface area contributed by atoms with Crippen molar-refractivity contribution in [1.29, 1.82) is 0 Å². The lowest BCUT2D eigenvalue weighted by Gasteiger charge is -2.17. The number of hydrogen-bond acceptors (Lipinski definition) is 2. The number of halogens is 1. The van der Waals surface area contributed by atoms with E-state index in [4.69, 9.17) is 21.1 Å². The van der Waals surface area contributed by atoms with E-state index in [0.29, 0.717) is 19.1 Å². The quantitative estimate of drug-likeness (QED) is 0.611. The van der Waals surface area contributed by atoms with Gasteiger partial charge in [0.15, 0.2) is 11.5 Å². The lowest BCUT2D eigenvalue weighted by molar-refractivity contribution is 0.287. The molecule has 108 valence electrons. The van der Waals surface area contributed by atoms with Crippen LogP contribution in [0.4, 0.5) is 0 Å². The highest BCUT2D eigenvalue weighted by Gasteiger charge is 2.14. The summed E-state index contributed by atoms with van der Waals surface area (Å²) in [6.45, 7) is 9.63. The first-order valence-electron chi connectivity index (χ1n) is 7.15. The molecule has 0 saturated heterocycles. The van der Waals surface area contributed by atoms with Crippen LogP contribution in [0.1, 0.15) is 51.5 Å². The third-order valence-corrected chi connectivity index (χ3v) is 3.67. The van der Waals surface area contributed by atoms with Gasteiger partial charge in [0, 0.05) is 0 Å². The summed E-state index contributed by atoms with van der Waals surface area (Å²) in [7, 11) is 0. The summed E-state index contributed by atoms with van der Waals surface area (Å²) in [5, 5.41) is 0.0323. The van der Waals surface area contributed by atoms with Crippen molar-refractivity contribution < 1.29 is 9.47 Å². The van der Waals surface area contributed by atoms with Gasteiger partial charge in [0.2, 0.25) is 0 Å². The van der Waals surface area contributed by atoms with Gasteiger partial charge in [-0.25, -0.2) is 0 Å². The molecule has 1 rings (SSSR count). The molecule has 2 nitrogen and oxygen atoms in total. The van der Waals surface area contributed by atoms with Gasteiger partial charge in [-0.3, -0.25) is 0 Å². The third-order valence-electron chi connectivity index (χ3n) is 3.24. The summed E-state index contributed by atoms with van der Waals surface area (Å²) in [5.41, 5.74) is 1.11. The highest BCUT2D eigenvalue weighted by atomic mass is 35.5. The summed E-state index contributed by atoms with van der Waals surface area (Å²) < 4.78 is 11.2. The molecule has 19 heavy (non-hydrogen) atoms. The molecule has 3 heteroatoms. The molecule has 0 heterocycles. The van der Waals surface area contributed by atoms with Gasteiger partial charge >= 0.3 is 0 Å². The van der Waals surface area contributed by atoms with Crippen molar-refractivity contribution >= 4 is 11.6 Å². The van der Waals surface area contributed by atoms with E-state index in [0.717, 1.165) is 29.9 Å². The Labute approximate surface area is 122 Å². The van der Waals surface area contributed by atoms with Crippen LogP contribution in [0.15, 0.2) is 18.2 Å². The molecule has 0 aromatic heterocycles. The Morgan fingerprint density at radius 2 is 1.68 bits per heavy atom. The molecule has 0 aliphatic rings. The first-order chi connectivity index (χ1) is 9.12. The summed E-state index contributed by atoms with van der Waals surface area (Å²) in [6, 6.07) is 6.00. The minimum atomic E-state index is 0.0323. The zero-order valence-electron chi connectivity index (χ0n) is 12.4. The zero-order chi connectivity index (χ0) is 14.3. The maximum absolute atomic E-state index is 6.49. The average molecular weight is 285 g/mol. The summed E-state index contributed by atoms with van der Waals surface area (Å²) in [4.78, 5) is 0. The van der Waals surface area contributed by atoms with Crippen LogP contribution in [-0.4, -0.2) is 13.2 Å². The first-order valence-corrected chi connectivity index (χ1v) is 7.59. The molecule has 0 saturated carbocycles. The second-order valence-corrected chi connectivity index (χ2v) is 5.32. The van der Waals surface area contributed by atoms with E-state index >= 15 is 0 Å². The number of alkyl halides is 1. The Balaban J connectivity index is 2.87. The standard InChI is InChI=1S/C16H25ClO2/c1-5-12(4)10-14(17)13-8-9-15(18-6-2)16(11-13)19-7-3/h8-9,11-12,14H,5-7,10H2,1-4H3. The van der Waals surface area contributed by atoms with E-state index in [2.05, 4.69) is 13.8 Å². The molecule has 2 unspecified atom stereocenters. The Hall–Kier alpha value is -0.890. The van der Waals surface area contributed by atoms with E-state index in [1.54, 1.807) is 0 Å². The SMILES string of the molecule is CCOc1ccc(C(Cl)CC(C)CC)cc1OCC. The molecule has 0 aliphatic carbocycles. The van der Waals surface area contributed by atoms with Gasteiger partial charge in [-0.05, 0) is 43.9 Å². The fourth-order valence-electron chi connectivity index (χ4n) is 1.92. The molecule has 0 aliphatic heterocycles. The van der Waals surface area contributed by atoms with Crippen LogP contribution in [0.5, 0.6) is 11.5 Å². The number of rotatable bonds is 8. The third kappa shape index (κ3) is 4.94. The first kappa shape index (κ1) is 16.2. The van der Waals surface area contributed by atoms with Gasteiger partial charge in [0.25, 0.3) is 0 Å². The van der Waals surface area contributed by atoms with E-state index in [1.165, 1.54) is 0 Å². The highest BCUT2D eigenvalue weighted by Crippen LogP contribution is 2.35. The Kier molecular flexibility index (Phi) is 7.07. The van der Waals surface area contributed by atoms with E-state index in [9.17, 15) is 0 Å². The van der Waals surface area contributed by atoms with Crippen molar-refractivity contribution in [1.82, 2.24) is 0 Å². The van der Waals surface area contributed by atoms with Crippen LogP contribution >= 0.6 is 11.6 Å². The largest absolute Gasteiger partial charge is 0.490 e. The van der Waals surface area contributed by atoms with Crippen molar-refractivity contribution in [2.75, 3.05) is 13.2 Å². The topological polar surface area (TPSA) is 18.5 Å². The summed E-state index contributed by atoms with van der Waals surface area (Å²) in [6.07, 6.45) is 2.14. The van der Waals surface area contributed by atoms with Crippen LogP contribution < -0.4 is 9.47 Å². The van der Waals surface area contributed by atoms with Gasteiger partial charge in [-0.1, -0.05) is 26.3 Å². The van der Waals surface area contributed by atoms with E-state index < -0.39 is 0 Å². The Bertz CT molecular complexity index is 379. The fraction of sp³-hybridized carbons (Fsp3) is 0.625. The lowest BCUT2D eigenvalue weighted by Crippen LogP contribution is -2.02. The molecule has 0 N–H and O–H groups in total. The van der Waals surface area contributed by atoms with Crippen molar-refractivity contribution in [2.24, 2.45) is 5.92 Å². The van der Waals surface area contributed by atoms with Gasteiger partial charge < -0.3 is 9.47 Å². The summed E-state index contributed by atoms with van der Waals surface area (Å²) in [5.74, 6) is 2.21. The van der Waals surface area contributed by atoms with Gasteiger partial charge in [0.1, 0.15) is 0 Å². The molecular formula is C16H25ClO2. The summed E-state index contributed by atoms with van der Waals surface area (Å²) >= 11 is 6.49. The second kappa shape index (κ2) is 8.31. The maximum atomic E-state index is 6.49. The number of ether oxygens (including phenoxy) is 2. The highest BCUT2D eigenvalue weighted by molar-refractivity contribution is 6.20. The number of hydrogen-bond donors (Lipinski definition) is 0. The van der Waals surface area contributed by atoms with Gasteiger partial charge in [0.05, 0.1) is 18.6 Å². The Morgan fingerprint density at radius 1 is 1.05 bits per heavy atom. The van der Waals surface area contributed by atoms with Crippen LogP contribution in [0.3, 0.4) is 0 Å². The van der Waals surface area contributed by atoms with Crippen molar-refractivity contribution in [3.8, 4) is 11.5 Å². The minimum Gasteiger partial charge on any atom is -0.490 e. The average Bonchev–Trinajstić information content (AvgIpc) is 2.41. The molecule has 1 aromatic carbocycles. The Morgan fingerprint density at radius 3 is 2.26 bits per heavy atom. The molecule has 0 spiro atoms. The predicted molar refractivity (Wildman–Crippen MR) is 81.4 cm³/mol. The molecular weight excluding hydrogens is 260 g/mol. The molecule has 0 amide bonds. The molecule has 2 atom stereocenters. The molecule has 1 aromatic rings. The van der Waals surface area contributed by atoms with Gasteiger partial charge in [-0.15, -0.1) is 11.6 Å². The van der Waals surface area contributed by atoms with Crippen molar-refractivity contribution in [3.63, 3.8) is 0 Å². The lowest BCUT2D eigenvalue weighted by atomic mass is 9.98. The van der Waals surface area contributed by atoms with Crippen LogP contribution in [0.25, 0.3) is 0 Å². The maximum Gasteiger partial charge on any atom is 0.161 e. The molecule has 0 radical (unpaired) electrons. The normalized spacial score (nSPS) is 13.9. The molecule has 0 fully saturated rings. The zero-order valence-corrected chi connectivity index (χ0v) is 13.2. The predicted octanol–water partition coefficient (Wildman–Crippen LogP) is 5.20. The van der Waals surface area contributed by atoms with Gasteiger partial charge in [-0.2, -0.15) is 0 Å². The van der Waals surface area contributed by atoms with Crippen molar-refractivity contribution in [3.05, 3.63) is 23.8 Å². The van der Waals surface area contributed by atoms with Crippen LogP contribution in [-0.2, 0) is 0 Å². The minimum absolute atomic E-state index is 0.0323. The smallest absolute Gasteiger partial charge is 0.161 e. The van der Waals surface area contributed by atoms with Crippen LogP contribution in [0, 0.1) is 5.92 Å². The van der Waals surface area contributed by atoms with E-state index in [-0.39, 0.29) is 5.38 Å². The second-order valence-electron chi connectivity index (χ2n) is 4.79.